The van der Waals surface area contributed by atoms with Gasteiger partial charge in [0.05, 0.1) is 11.2 Å². The van der Waals surface area contributed by atoms with Crippen molar-refractivity contribution in [2.45, 2.75) is 18.5 Å². The molecule has 0 radical (unpaired) electrons. The van der Waals surface area contributed by atoms with E-state index in [0.717, 1.165) is 0 Å². The van der Waals surface area contributed by atoms with Gasteiger partial charge < -0.3 is 0 Å². The topological polar surface area (TPSA) is 58.9 Å². The van der Waals surface area contributed by atoms with E-state index < -0.39 is 23.7 Å². The van der Waals surface area contributed by atoms with E-state index in [4.69, 9.17) is 0 Å². The number of aromatic amines is 1. The third-order valence-electron chi connectivity index (χ3n) is 4.27. The Hall–Kier alpha value is -3.37. The van der Waals surface area contributed by atoms with Crippen LogP contribution >= 0.6 is 0 Å². The first-order chi connectivity index (χ1) is 13.7. The molecule has 0 fully saturated rings. The molecule has 0 saturated heterocycles. The molecule has 4 rings (SSSR count). The number of nitrogens with zero attached hydrogens (tertiary/aromatic N) is 4. The number of hydrogen-bond donors (Lipinski definition) is 1. The first-order valence-electron chi connectivity index (χ1n) is 8.25. The molecule has 0 aliphatic rings. The minimum Gasteiger partial charge on any atom is -0.297 e. The lowest BCUT2D eigenvalue weighted by atomic mass is 10.1. The first kappa shape index (κ1) is 19.0. The molecule has 11 heteroatoms. The van der Waals surface area contributed by atoms with Gasteiger partial charge in [0.1, 0.15) is 5.82 Å². The highest BCUT2D eigenvalue weighted by Crippen LogP contribution is 2.42. The molecule has 0 unspecified atom stereocenters. The van der Waals surface area contributed by atoms with Crippen molar-refractivity contribution in [3.05, 3.63) is 71.6 Å². The highest BCUT2D eigenvalue weighted by Gasteiger charge is 2.61. The number of hydrogen-bond acceptors (Lipinski definition) is 3. The zero-order valence-corrected chi connectivity index (χ0v) is 14.4. The standard InChI is InChI=1S/C18H11F6N5/c19-11-6-2-1-5-10(11)9-12-13-7-3-4-8-29(13)15(25-12)14-26-16(28-27-14)17(20,21)18(22,23)24/h1-8H,9H2,(H,26,27,28). The van der Waals surface area contributed by atoms with E-state index in [2.05, 4.69) is 20.2 Å². The number of aromatic nitrogens is 5. The maximum atomic E-state index is 14.0. The van der Waals surface area contributed by atoms with E-state index in [-0.39, 0.29) is 18.1 Å². The van der Waals surface area contributed by atoms with Crippen LogP contribution in [0.15, 0.2) is 48.7 Å². The van der Waals surface area contributed by atoms with Crippen LogP contribution in [0.2, 0.25) is 0 Å². The molecule has 0 atom stereocenters. The van der Waals surface area contributed by atoms with Crippen LogP contribution in [0.5, 0.6) is 0 Å². The fraction of sp³-hybridized carbons (Fsp3) is 0.167. The number of pyridine rings is 1. The molecule has 0 spiro atoms. The van der Waals surface area contributed by atoms with Crippen molar-refractivity contribution < 1.29 is 26.3 Å². The van der Waals surface area contributed by atoms with E-state index in [1.807, 2.05) is 0 Å². The molecular weight excluding hydrogens is 400 g/mol. The van der Waals surface area contributed by atoms with Crippen molar-refractivity contribution >= 4 is 5.52 Å². The Labute approximate surface area is 159 Å². The van der Waals surface area contributed by atoms with E-state index in [9.17, 15) is 26.3 Å². The maximum absolute atomic E-state index is 14.0. The monoisotopic (exact) mass is 411 g/mol. The SMILES string of the molecule is Fc1ccccc1Cc1nc(-c2nc(C(F)(F)C(F)(F)F)n[nH]2)n2ccccc12. The molecule has 0 bridgehead atoms. The molecule has 150 valence electrons. The molecule has 0 saturated carbocycles. The summed E-state index contributed by atoms with van der Waals surface area (Å²) >= 11 is 0. The Bertz CT molecular complexity index is 1180. The van der Waals surface area contributed by atoms with Crippen molar-refractivity contribution in [3.8, 4) is 11.6 Å². The highest BCUT2D eigenvalue weighted by molar-refractivity contribution is 5.62. The smallest absolute Gasteiger partial charge is 0.297 e. The van der Waals surface area contributed by atoms with E-state index in [1.54, 1.807) is 30.3 Å². The average molecular weight is 411 g/mol. The Balaban J connectivity index is 1.79. The van der Waals surface area contributed by atoms with Crippen LogP contribution < -0.4 is 0 Å². The van der Waals surface area contributed by atoms with Gasteiger partial charge >= 0.3 is 12.1 Å². The average Bonchev–Trinajstić information content (AvgIpc) is 3.28. The molecule has 4 aromatic rings. The van der Waals surface area contributed by atoms with Gasteiger partial charge in [0.2, 0.25) is 5.82 Å². The lowest BCUT2D eigenvalue weighted by molar-refractivity contribution is -0.292. The van der Waals surface area contributed by atoms with E-state index >= 15 is 0 Å². The number of H-pyrrole nitrogens is 1. The molecule has 0 amide bonds. The Morgan fingerprint density at radius 1 is 0.931 bits per heavy atom. The van der Waals surface area contributed by atoms with Gasteiger partial charge in [0, 0.05) is 12.6 Å². The maximum Gasteiger partial charge on any atom is 0.461 e. The van der Waals surface area contributed by atoms with Crippen molar-refractivity contribution in [1.29, 1.82) is 0 Å². The number of imidazole rings is 1. The third-order valence-corrected chi connectivity index (χ3v) is 4.27. The summed E-state index contributed by atoms with van der Waals surface area (Å²) in [4.78, 5) is 7.60. The molecule has 0 aliphatic heterocycles. The Morgan fingerprint density at radius 2 is 1.66 bits per heavy atom. The summed E-state index contributed by atoms with van der Waals surface area (Å²) in [5, 5.41) is 5.11. The zero-order valence-electron chi connectivity index (χ0n) is 14.4. The molecule has 5 nitrogen and oxygen atoms in total. The predicted molar refractivity (Wildman–Crippen MR) is 89.7 cm³/mol. The van der Waals surface area contributed by atoms with Gasteiger partial charge in [-0.25, -0.2) is 14.4 Å². The summed E-state index contributed by atoms with van der Waals surface area (Å²) < 4.78 is 80.2. The summed E-state index contributed by atoms with van der Waals surface area (Å²) in [6, 6.07) is 11.0. The summed E-state index contributed by atoms with van der Waals surface area (Å²) in [7, 11) is 0. The van der Waals surface area contributed by atoms with Crippen molar-refractivity contribution in [1.82, 2.24) is 24.6 Å². The van der Waals surface area contributed by atoms with E-state index in [0.29, 0.717) is 16.8 Å². The molecule has 3 aromatic heterocycles. The molecule has 0 aliphatic carbocycles. The summed E-state index contributed by atoms with van der Waals surface area (Å²) in [5.41, 5.74) is 1.27. The van der Waals surface area contributed by atoms with Crippen LogP contribution in [0.25, 0.3) is 17.2 Å². The minimum absolute atomic E-state index is 0.0244. The van der Waals surface area contributed by atoms with Gasteiger partial charge in [-0.15, -0.1) is 0 Å². The number of nitrogens with one attached hydrogen (secondary N) is 1. The van der Waals surface area contributed by atoms with Crippen LogP contribution in [0, 0.1) is 5.82 Å². The predicted octanol–water partition coefficient (Wildman–Crippen LogP) is 4.50. The van der Waals surface area contributed by atoms with Gasteiger partial charge in [0.25, 0.3) is 0 Å². The first-order valence-corrected chi connectivity index (χ1v) is 8.25. The Morgan fingerprint density at radius 3 is 2.38 bits per heavy atom. The number of fused-ring (bicyclic) bond motifs is 1. The van der Waals surface area contributed by atoms with Crippen molar-refractivity contribution in [2.75, 3.05) is 0 Å². The summed E-state index contributed by atoms with van der Waals surface area (Å²) in [6.45, 7) is 0. The number of alkyl halides is 5. The quantitative estimate of drug-likeness (QED) is 0.503. The van der Waals surface area contributed by atoms with Gasteiger partial charge in [-0.1, -0.05) is 24.3 Å². The van der Waals surface area contributed by atoms with Gasteiger partial charge in [-0.2, -0.15) is 27.1 Å². The fourth-order valence-corrected chi connectivity index (χ4v) is 2.85. The third kappa shape index (κ3) is 3.22. The normalized spacial score (nSPS) is 12.6. The van der Waals surface area contributed by atoms with Crippen LogP contribution in [0.4, 0.5) is 26.3 Å². The van der Waals surface area contributed by atoms with Crippen LogP contribution in [0.1, 0.15) is 17.1 Å². The van der Waals surface area contributed by atoms with E-state index in [1.165, 1.54) is 22.7 Å². The fourth-order valence-electron chi connectivity index (χ4n) is 2.85. The van der Waals surface area contributed by atoms with Gasteiger partial charge in [-0.05, 0) is 23.8 Å². The number of halogens is 6. The van der Waals surface area contributed by atoms with Crippen LogP contribution in [-0.2, 0) is 12.3 Å². The molecular formula is C18H11F6N5. The van der Waals surface area contributed by atoms with Crippen LogP contribution in [0.3, 0.4) is 0 Å². The number of benzene rings is 1. The lowest BCUT2D eigenvalue weighted by Gasteiger charge is -2.15. The van der Waals surface area contributed by atoms with Crippen molar-refractivity contribution in [2.24, 2.45) is 0 Å². The molecule has 29 heavy (non-hydrogen) atoms. The molecule has 1 aromatic carbocycles. The largest absolute Gasteiger partial charge is 0.461 e. The van der Waals surface area contributed by atoms with Gasteiger partial charge in [-0.3, -0.25) is 9.50 Å². The summed E-state index contributed by atoms with van der Waals surface area (Å²) in [5.74, 6) is -7.76. The second-order valence-corrected chi connectivity index (χ2v) is 6.19. The highest BCUT2D eigenvalue weighted by atomic mass is 19.4. The van der Waals surface area contributed by atoms with Gasteiger partial charge in [0.15, 0.2) is 11.6 Å². The molecule has 3 heterocycles. The summed E-state index contributed by atoms with van der Waals surface area (Å²) in [6.07, 6.45) is -4.22. The lowest BCUT2D eigenvalue weighted by Crippen LogP contribution is -2.34. The minimum atomic E-state index is -5.84. The van der Waals surface area contributed by atoms with Crippen LogP contribution in [-0.4, -0.2) is 30.7 Å². The van der Waals surface area contributed by atoms with Crippen molar-refractivity contribution in [3.63, 3.8) is 0 Å². The Kier molecular flexibility index (Phi) is 4.32. The second kappa shape index (κ2) is 6.61. The zero-order chi connectivity index (χ0) is 20.8. The molecule has 1 N–H and O–H groups in total. The second-order valence-electron chi connectivity index (χ2n) is 6.19. The number of rotatable bonds is 4.